The third-order valence-corrected chi connectivity index (χ3v) is 2.22. The van der Waals surface area contributed by atoms with Crippen molar-refractivity contribution in [3.8, 4) is 0 Å². The SMILES string of the molecule is COC(=O)C1C(N)CN1C(=O)OC(C)(C)C. The van der Waals surface area contributed by atoms with Gasteiger partial charge in [0.2, 0.25) is 0 Å². The normalized spacial score (nSPS) is 24.7. The van der Waals surface area contributed by atoms with Gasteiger partial charge in [0.25, 0.3) is 0 Å². The molecule has 6 nitrogen and oxygen atoms in total. The van der Waals surface area contributed by atoms with E-state index in [0.29, 0.717) is 6.54 Å². The maximum Gasteiger partial charge on any atom is 0.411 e. The van der Waals surface area contributed by atoms with Crippen LogP contribution in [0.3, 0.4) is 0 Å². The number of carbonyl (C=O) groups is 2. The first-order chi connectivity index (χ1) is 7.26. The summed E-state index contributed by atoms with van der Waals surface area (Å²) in [6.45, 7) is 5.60. The Morgan fingerprint density at radius 2 is 1.94 bits per heavy atom. The summed E-state index contributed by atoms with van der Waals surface area (Å²) in [5.74, 6) is -0.510. The number of hydrogen-bond donors (Lipinski definition) is 1. The van der Waals surface area contributed by atoms with E-state index in [4.69, 9.17) is 10.5 Å². The maximum atomic E-state index is 11.7. The molecule has 0 bridgehead atoms. The molecule has 0 aromatic rings. The smallest absolute Gasteiger partial charge is 0.411 e. The fraction of sp³-hybridized carbons (Fsp3) is 0.800. The van der Waals surface area contributed by atoms with Crippen molar-refractivity contribution in [1.82, 2.24) is 4.90 Å². The van der Waals surface area contributed by atoms with E-state index in [2.05, 4.69) is 4.74 Å². The third kappa shape index (κ3) is 2.63. The molecule has 1 amide bonds. The minimum Gasteiger partial charge on any atom is -0.467 e. The molecule has 1 saturated heterocycles. The fourth-order valence-corrected chi connectivity index (χ4v) is 1.47. The van der Waals surface area contributed by atoms with Crippen molar-refractivity contribution in [2.75, 3.05) is 13.7 Å². The van der Waals surface area contributed by atoms with Gasteiger partial charge in [0.05, 0.1) is 13.2 Å². The minimum absolute atomic E-state index is 0.314. The molecule has 6 heteroatoms. The minimum atomic E-state index is -0.722. The van der Waals surface area contributed by atoms with Crippen molar-refractivity contribution in [1.29, 1.82) is 0 Å². The second-order valence-electron chi connectivity index (χ2n) is 4.76. The molecule has 2 atom stereocenters. The van der Waals surface area contributed by atoms with Crippen molar-refractivity contribution in [3.63, 3.8) is 0 Å². The van der Waals surface area contributed by atoms with E-state index in [-0.39, 0.29) is 6.04 Å². The molecule has 16 heavy (non-hydrogen) atoms. The monoisotopic (exact) mass is 230 g/mol. The highest BCUT2D eigenvalue weighted by Gasteiger charge is 2.47. The summed E-state index contributed by atoms with van der Waals surface area (Å²) >= 11 is 0. The second-order valence-corrected chi connectivity index (χ2v) is 4.76. The van der Waals surface area contributed by atoms with Crippen molar-refractivity contribution < 1.29 is 19.1 Å². The molecule has 2 unspecified atom stereocenters. The number of nitrogens with two attached hydrogens (primary N) is 1. The zero-order valence-electron chi connectivity index (χ0n) is 10.0. The first kappa shape index (κ1) is 12.8. The molecule has 0 spiro atoms. The molecule has 2 N–H and O–H groups in total. The van der Waals surface area contributed by atoms with E-state index in [1.165, 1.54) is 12.0 Å². The number of methoxy groups -OCH3 is 1. The average molecular weight is 230 g/mol. The summed E-state index contributed by atoms with van der Waals surface area (Å²) in [4.78, 5) is 24.3. The van der Waals surface area contributed by atoms with Gasteiger partial charge in [0.1, 0.15) is 11.6 Å². The molecule has 1 fully saturated rings. The van der Waals surface area contributed by atoms with Gasteiger partial charge in [-0.25, -0.2) is 9.59 Å². The Bertz CT molecular complexity index is 298. The lowest BCUT2D eigenvalue weighted by atomic mass is 9.98. The zero-order valence-corrected chi connectivity index (χ0v) is 10.0. The molecule has 0 aliphatic carbocycles. The third-order valence-electron chi connectivity index (χ3n) is 2.22. The largest absolute Gasteiger partial charge is 0.467 e. The van der Waals surface area contributed by atoms with Crippen LogP contribution in [0.4, 0.5) is 4.79 Å². The Hall–Kier alpha value is -1.30. The van der Waals surface area contributed by atoms with Gasteiger partial charge in [-0.3, -0.25) is 4.90 Å². The van der Waals surface area contributed by atoms with Crippen LogP contribution in [-0.2, 0) is 14.3 Å². The van der Waals surface area contributed by atoms with E-state index < -0.39 is 23.7 Å². The predicted molar refractivity (Wildman–Crippen MR) is 56.7 cm³/mol. The van der Waals surface area contributed by atoms with Crippen LogP contribution in [-0.4, -0.2) is 48.3 Å². The Balaban J connectivity index is 2.62. The lowest BCUT2D eigenvalue weighted by molar-refractivity contribution is -0.152. The van der Waals surface area contributed by atoms with E-state index in [9.17, 15) is 9.59 Å². The summed E-state index contributed by atoms with van der Waals surface area (Å²) in [7, 11) is 1.26. The average Bonchev–Trinajstić information content (AvgIpc) is 2.10. The number of esters is 1. The van der Waals surface area contributed by atoms with Crippen molar-refractivity contribution in [2.24, 2.45) is 5.73 Å². The maximum absolute atomic E-state index is 11.7. The number of likely N-dealkylation sites (tertiary alicyclic amines) is 1. The van der Waals surface area contributed by atoms with Crippen LogP contribution < -0.4 is 5.73 Å². The summed E-state index contributed by atoms with van der Waals surface area (Å²) in [5.41, 5.74) is 5.06. The molecule has 0 aromatic carbocycles. The van der Waals surface area contributed by atoms with Gasteiger partial charge in [-0.05, 0) is 20.8 Å². The summed E-state index contributed by atoms with van der Waals surface area (Å²) in [6.07, 6.45) is -0.537. The lowest BCUT2D eigenvalue weighted by Gasteiger charge is -2.43. The molecule has 0 aromatic heterocycles. The summed E-state index contributed by atoms with van der Waals surface area (Å²) < 4.78 is 9.71. The molecule has 1 aliphatic rings. The first-order valence-corrected chi connectivity index (χ1v) is 5.09. The number of ether oxygens (including phenoxy) is 2. The van der Waals surface area contributed by atoms with Gasteiger partial charge >= 0.3 is 12.1 Å². The first-order valence-electron chi connectivity index (χ1n) is 5.09. The fourth-order valence-electron chi connectivity index (χ4n) is 1.47. The highest BCUT2D eigenvalue weighted by molar-refractivity contribution is 5.84. The molecule has 0 radical (unpaired) electrons. The predicted octanol–water partition coefficient (Wildman–Crippen LogP) is 0.106. The van der Waals surface area contributed by atoms with Crippen LogP contribution in [0.5, 0.6) is 0 Å². The zero-order chi connectivity index (χ0) is 12.5. The number of amides is 1. The quantitative estimate of drug-likeness (QED) is 0.646. The molecular weight excluding hydrogens is 212 g/mol. The summed E-state index contributed by atoms with van der Waals surface area (Å²) in [6, 6.07) is -1.10. The molecular formula is C10H18N2O4. The number of rotatable bonds is 1. The Morgan fingerprint density at radius 1 is 1.38 bits per heavy atom. The van der Waals surface area contributed by atoms with E-state index in [1.807, 2.05) is 0 Å². The topological polar surface area (TPSA) is 81.9 Å². The van der Waals surface area contributed by atoms with Crippen LogP contribution in [0.15, 0.2) is 0 Å². The van der Waals surface area contributed by atoms with E-state index in [0.717, 1.165) is 0 Å². The van der Waals surface area contributed by atoms with Crippen LogP contribution in [0.2, 0.25) is 0 Å². The van der Waals surface area contributed by atoms with Gasteiger partial charge in [-0.15, -0.1) is 0 Å². The van der Waals surface area contributed by atoms with Crippen LogP contribution >= 0.6 is 0 Å². The Labute approximate surface area is 94.7 Å². The summed E-state index contributed by atoms with van der Waals surface area (Å²) in [5, 5.41) is 0. The lowest BCUT2D eigenvalue weighted by Crippen LogP contribution is -2.69. The molecule has 1 rings (SSSR count). The van der Waals surface area contributed by atoms with Crippen LogP contribution in [0, 0.1) is 0 Å². The Kier molecular flexibility index (Phi) is 3.42. The molecule has 1 heterocycles. The van der Waals surface area contributed by atoms with E-state index >= 15 is 0 Å². The van der Waals surface area contributed by atoms with Crippen LogP contribution in [0.1, 0.15) is 20.8 Å². The number of hydrogen-bond acceptors (Lipinski definition) is 5. The second kappa shape index (κ2) is 4.29. The van der Waals surface area contributed by atoms with Crippen molar-refractivity contribution in [2.45, 2.75) is 38.5 Å². The van der Waals surface area contributed by atoms with Gasteiger partial charge < -0.3 is 15.2 Å². The van der Waals surface area contributed by atoms with Gasteiger partial charge in [0.15, 0.2) is 0 Å². The van der Waals surface area contributed by atoms with Crippen molar-refractivity contribution >= 4 is 12.1 Å². The standard InChI is InChI=1S/C10H18N2O4/c1-10(2,3)16-9(14)12-5-6(11)7(12)8(13)15-4/h6-7H,5,11H2,1-4H3. The molecule has 92 valence electrons. The van der Waals surface area contributed by atoms with Gasteiger partial charge in [-0.1, -0.05) is 0 Å². The molecule has 1 aliphatic heterocycles. The van der Waals surface area contributed by atoms with Gasteiger partial charge in [-0.2, -0.15) is 0 Å². The van der Waals surface area contributed by atoms with E-state index in [1.54, 1.807) is 20.8 Å². The van der Waals surface area contributed by atoms with Crippen LogP contribution in [0.25, 0.3) is 0 Å². The Morgan fingerprint density at radius 3 is 2.31 bits per heavy atom. The molecule has 0 saturated carbocycles. The van der Waals surface area contributed by atoms with Gasteiger partial charge in [0, 0.05) is 6.54 Å². The number of carbonyl (C=O) groups excluding carboxylic acids is 2. The number of nitrogens with zero attached hydrogens (tertiary/aromatic N) is 1. The van der Waals surface area contributed by atoms with Crippen molar-refractivity contribution in [3.05, 3.63) is 0 Å². The highest BCUT2D eigenvalue weighted by atomic mass is 16.6. The highest BCUT2D eigenvalue weighted by Crippen LogP contribution is 2.21.